The van der Waals surface area contributed by atoms with E-state index in [9.17, 15) is 9.18 Å². The first-order valence-corrected chi connectivity index (χ1v) is 9.67. The Balaban J connectivity index is 1.37. The molecule has 6 nitrogen and oxygen atoms in total. The Bertz CT molecular complexity index is 850. The highest BCUT2D eigenvalue weighted by Gasteiger charge is 2.44. The summed E-state index contributed by atoms with van der Waals surface area (Å²) in [6, 6.07) is 8.47. The van der Waals surface area contributed by atoms with Crippen molar-refractivity contribution in [2.24, 2.45) is 0 Å². The van der Waals surface area contributed by atoms with Crippen LogP contribution in [0.1, 0.15) is 35.6 Å². The van der Waals surface area contributed by atoms with Crippen LogP contribution < -0.4 is 4.90 Å². The largest absolute Gasteiger partial charge is 0.373 e. The van der Waals surface area contributed by atoms with E-state index in [0.29, 0.717) is 31.2 Å². The number of likely N-dealkylation sites (N-methyl/N-ethyl adjacent to an activating group) is 1. The Morgan fingerprint density at radius 1 is 1.25 bits per heavy atom. The van der Waals surface area contributed by atoms with Crippen molar-refractivity contribution < 1.29 is 13.9 Å². The topological polar surface area (TPSA) is 58.6 Å². The lowest BCUT2D eigenvalue weighted by Gasteiger charge is -2.39. The van der Waals surface area contributed by atoms with Crippen molar-refractivity contribution in [1.29, 1.82) is 0 Å². The Morgan fingerprint density at radius 3 is 2.64 bits per heavy atom. The number of amides is 1. The predicted octanol–water partition coefficient (Wildman–Crippen LogP) is 2.82. The molecule has 28 heavy (non-hydrogen) atoms. The van der Waals surface area contributed by atoms with E-state index in [0.717, 1.165) is 24.9 Å². The molecule has 4 rings (SSSR count). The number of carbonyl (C=O) groups excluding carboxylic acids is 1. The van der Waals surface area contributed by atoms with E-state index >= 15 is 0 Å². The molecule has 0 aliphatic carbocycles. The molecular formula is C21H25FN4O2. The van der Waals surface area contributed by atoms with Crippen molar-refractivity contribution in [3.05, 3.63) is 53.9 Å². The lowest BCUT2D eigenvalue weighted by atomic mass is 9.87. The molecule has 1 spiro atoms. The quantitative estimate of drug-likeness (QED) is 0.815. The van der Waals surface area contributed by atoms with Crippen molar-refractivity contribution in [2.45, 2.75) is 37.8 Å². The van der Waals surface area contributed by atoms with Gasteiger partial charge in [0.15, 0.2) is 0 Å². The number of halogens is 1. The summed E-state index contributed by atoms with van der Waals surface area (Å²) < 4.78 is 19.4. The molecule has 1 atom stereocenters. The van der Waals surface area contributed by atoms with Gasteiger partial charge in [0.25, 0.3) is 5.91 Å². The normalized spacial score (nSPS) is 21.1. The van der Waals surface area contributed by atoms with Crippen LogP contribution in [0.3, 0.4) is 0 Å². The average Bonchev–Trinajstić information content (AvgIpc) is 3.12. The summed E-state index contributed by atoms with van der Waals surface area (Å²) in [5.74, 6) is 0.329. The third kappa shape index (κ3) is 3.71. The van der Waals surface area contributed by atoms with Gasteiger partial charge < -0.3 is 14.5 Å². The number of carbonyl (C=O) groups is 1. The Morgan fingerprint density at radius 2 is 1.96 bits per heavy atom. The summed E-state index contributed by atoms with van der Waals surface area (Å²) in [5.41, 5.74) is 1.25. The smallest absolute Gasteiger partial charge is 0.272 e. The number of aryl methyl sites for hydroxylation is 1. The number of hydrogen-bond acceptors (Lipinski definition) is 5. The summed E-state index contributed by atoms with van der Waals surface area (Å²) >= 11 is 0. The molecule has 2 fully saturated rings. The minimum absolute atomic E-state index is 0.0432. The lowest BCUT2D eigenvalue weighted by molar-refractivity contribution is -0.0389. The van der Waals surface area contributed by atoms with E-state index < -0.39 is 0 Å². The number of rotatable bonds is 3. The van der Waals surface area contributed by atoms with Crippen LogP contribution in [0.2, 0.25) is 0 Å². The summed E-state index contributed by atoms with van der Waals surface area (Å²) in [4.78, 5) is 25.0. The van der Waals surface area contributed by atoms with Crippen molar-refractivity contribution >= 4 is 11.6 Å². The van der Waals surface area contributed by atoms with Gasteiger partial charge in [-0.1, -0.05) is 0 Å². The number of likely N-dealkylation sites (tertiary alicyclic amines) is 1. The molecule has 0 unspecified atom stereocenters. The summed E-state index contributed by atoms with van der Waals surface area (Å²) in [5, 5.41) is 0. The number of piperidine rings is 1. The molecule has 3 heterocycles. The number of aromatic nitrogens is 2. The second-order valence-electron chi connectivity index (χ2n) is 7.72. The first-order chi connectivity index (χ1) is 13.5. The van der Waals surface area contributed by atoms with Gasteiger partial charge in [-0.15, -0.1) is 0 Å². The van der Waals surface area contributed by atoms with Gasteiger partial charge in [0.2, 0.25) is 0 Å². The van der Waals surface area contributed by atoms with Gasteiger partial charge >= 0.3 is 0 Å². The van der Waals surface area contributed by atoms with Crippen LogP contribution in [0, 0.1) is 12.7 Å². The second kappa shape index (κ2) is 7.47. The maximum atomic E-state index is 13.2. The van der Waals surface area contributed by atoms with E-state index in [4.69, 9.17) is 4.74 Å². The molecule has 7 heteroatoms. The third-order valence-electron chi connectivity index (χ3n) is 5.93. The molecule has 1 aromatic carbocycles. The van der Waals surface area contributed by atoms with Gasteiger partial charge in [0, 0.05) is 32.0 Å². The van der Waals surface area contributed by atoms with Crippen LogP contribution in [0.15, 0.2) is 36.5 Å². The molecule has 148 valence electrons. The summed E-state index contributed by atoms with van der Waals surface area (Å²) in [7, 11) is 2.02. The van der Waals surface area contributed by atoms with Gasteiger partial charge in [0.1, 0.15) is 17.3 Å². The summed E-state index contributed by atoms with van der Waals surface area (Å²) in [6.07, 6.45) is 4.17. The van der Waals surface area contributed by atoms with Gasteiger partial charge in [0.05, 0.1) is 18.2 Å². The number of anilines is 1. The Labute approximate surface area is 164 Å². The fraction of sp³-hybridized carbons (Fsp3) is 0.476. The summed E-state index contributed by atoms with van der Waals surface area (Å²) in [6.45, 7) is 3.75. The van der Waals surface area contributed by atoms with Crippen LogP contribution >= 0.6 is 0 Å². The molecule has 0 N–H and O–H groups in total. The zero-order valence-corrected chi connectivity index (χ0v) is 16.3. The van der Waals surface area contributed by atoms with E-state index in [1.165, 1.54) is 12.1 Å². The first kappa shape index (κ1) is 18.8. The molecule has 2 saturated heterocycles. The van der Waals surface area contributed by atoms with Crippen LogP contribution in [0.25, 0.3) is 0 Å². The first-order valence-electron chi connectivity index (χ1n) is 9.67. The molecule has 0 radical (unpaired) electrons. The van der Waals surface area contributed by atoms with Gasteiger partial charge in [-0.2, -0.15) is 0 Å². The molecular weight excluding hydrogens is 359 g/mol. The molecule has 0 saturated carbocycles. The number of benzene rings is 1. The van der Waals surface area contributed by atoms with Crippen molar-refractivity contribution in [2.75, 3.05) is 31.6 Å². The lowest BCUT2D eigenvalue weighted by Crippen LogP contribution is -2.47. The maximum Gasteiger partial charge on any atom is 0.272 e. The molecule has 0 bridgehead atoms. The molecule has 2 aromatic rings. The monoisotopic (exact) mass is 384 g/mol. The maximum absolute atomic E-state index is 13.2. The standard InChI is InChI=1S/C21H25FN4O2/c1-15-23-10-7-19(24-15)20(27)26-11-8-21(9-12-26)13-18(14-28-21)25(2)17-5-3-16(22)4-6-17/h3-7,10,18H,8-9,11-14H2,1-2H3/t18-/m1/s1. The van der Waals surface area contributed by atoms with Crippen molar-refractivity contribution in [3.8, 4) is 0 Å². The number of nitrogens with zero attached hydrogens (tertiary/aromatic N) is 4. The van der Waals surface area contributed by atoms with Crippen LogP contribution in [0.5, 0.6) is 0 Å². The van der Waals surface area contributed by atoms with Gasteiger partial charge in [-0.25, -0.2) is 14.4 Å². The zero-order valence-electron chi connectivity index (χ0n) is 16.3. The molecule has 2 aliphatic rings. The van der Waals surface area contributed by atoms with E-state index in [-0.39, 0.29) is 23.4 Å². The average molecular weight is 384 g/mol. The fourth-order valence-electron chi connectivity index (χ4n) is 4.16. The molecule has 1 amide bonds. The highest BCUT2D eigenvalue weighted by Crippen LogP contribution is 2.38. The third-order valence-corrected chi connectivity index (χ3v) is 5.93. The van der Waals surface area contributed by atoms with Crippen LogP contribution in [-0.2, 0) is 4.74 Å². The zero-order chi connectivity index (χ0) is 19.7. The Hall–Kier alpha value is -2.54. The SMILES string of the molecule is Cc1nccc(C(=O)N2CCC3(CC2)C[C@@H](N(C)c2ccc(F)cc2)CO3)n1. The highest BCUT2D eigenvalue weighted by atomic mass is 19.1. The highest BCUT2D eigenvalue weighted by molar-refractivity contribution is 5.92. The van der Waals surface area contributed by atoms with Crippen molar-refractivity contribution in [3.63, 3.8) is 0 Å². The van der Waals surface area contributed by atoms with E-state index in [1.54, 1.807) is 31.3 Å². The Kier molecular flexibility index (Phi) is 5.02. The van der Waals surface area contributed by atoms with Gasteiger partial charge in [-0.05, 0) is 56.5 Å². The second-order valence-corrected chi connectivity index (χ2v) is 7.72. The molecule has 1 aromatic heterocycles. The molecule has 2 aliphatic heterocycles. The van der Waals surface area contributed by atoms with Crippen LogP contribution in [-0.4, -0.2) is 59.2 Å². The van der Waals surface area contributed by atoms with E-state index in [2.05, 4.69) is 14.9 Å². The van der Waals surface area contributed by atoms with E-state index in [1.807, 2.05) is 11.9 Å². The predicted molar refractivity (Wildman–Crippen MR) is 104 cm³/mol. The minimum Gasteiger partial charge on any atom is -0.373 e. The number of hydrogen-bond donors (Lipinski definition) is 0. The fourth-order valence-corrected chi connectivity index (χ4v) is 4.16. The van der Waals surface area contributed by atoms with Crippen molar-refractivity contribution in [1.82, 2.24) is 14.9 Å². The van der Waals surface area contributed by atoms with Gasteiger partial charge in [-0.3, -0.25) is 4.79 Å². The number of ether oxygens (including phenoxy) is 1. The minimum atomic E-state index is -0.229. The van der Waals surface area contributed by atoms with Crippen LogP contribution in [0.4, 0.5) is 10.1 Å².